The fourth-order valence-electron chi connectivity index (χ4n) is 4.06. The minimum absolute atomic E-state index is 0.132. The van der Waals surface area contributed by atoms with Gasteiger partial charge in [0.2, 0.25) is 0 Å². The van der Waals surface area contributed by atoms with E-state index in [2.05, 4.69) is 24.1 Å². The van der Waals surface area contributed by atoms with Crippen molar-refractivity contribution in [2.75, 3.05) is 32.1 Å². The van der Waals surface area contributed by atoms with Gasteiger partial charge in [0, 0.05) is 22.7 Å². The number of benzene rings is 1. The second kappa shape index (κ2) is 7.68. The largest absolute Gasteiger partial charge is 0.464 e. The van der Waals surface area contributed by atoms with Gasteiger partial charge in [-0.3, -0.25) is 4.79 Å². The Morgan fingerprint density at radius 2 is 2.00 bits per heavy atom. The molecule has 26 heavy (non-hydrogen) atoms. The van der Waals surface area contributed by atoms with Gasteiger partial charge in [0.25, 0.3) is 5.91 Å². The van der Waals surface area contributed by atoms with Crippen molar-refractivity contribution in [1.82, 2.24) is 4.98 Å². The number of fused-ring (bicyclic) bond motifs is 1. The first-order chi connectivity index (χ1) is 12.4. The molecule has 1 fully saturated rings. The van der Waals surface area contributed by atoms with Crippen LogP contribution < -0.4 is 10.2 Å². The van der Waals surface area contributed by atoms with Gasteiger partial charge in [-0.05, 0) is 18.6 Å². The van der Waals surface area contributed by atoms with Gasteiger partial charge in [0.15, 0.2) is 6.54 Å². The molecule has 1 aromatic heterocycles. The van der Waals surface area contributed by atoms with Crippen molar-refractivity contribution in [3.8, 4) is 0 Å². The summed E-state index contributed by atoms with van der Waals surface area (Å²) in [6.07, 6.45) is 1.20. The summed E-state index contributed by atoms with van der Waals surface area (Å²) in [6.45, 7) is 6.78. The number of carbonyl (C=O) groups excluding carboxylic acids is 2. The Hall–Kier alpha value is -2.05. The van der Waals surface area contributed by atoms with Crippen LogP contribution in [0.5, 0.6) is 0 Å². The van der Waals surface area contributed by atoms with E-state index in [0.717, 1.165) is 13.1 Å². The number of likely N-dealkylation sites (tertiary alicyclic amines) is 1. The predicted octanol–water partition coefficient (Wildman–Crippen LogP) is 2.11. The zero-order chi connectivity index (χ0) is 18.8. The maximum atomic E-state index is 12.7. The second-order valence-electron chi connectivity index (χ2n) is 7.36. The maximum Gasteiger partial charge on any atom is 0.356 e. The number of aromatic nitrogens is 1. The van der Waals surface area contributed by atoms with E-state index in [1.165, 1.54) is 18.4 Å². The molecule has 2 aromatic rings. The number of quaternary nitrogens is 1. The van der Waals surface area contributed by atoms with Crippen molar-refractivity contribution in [2.24, 2.45) is 11.8 Å². The summed E-state index contributed by atoms with van der Waals surface area (Å²) in [5.74, 6) is 0.539. The lowest BCUT2D eigenvalue weighted by atomic mass is 9.92. The first kappa shape index (κ1) is 18.7. The molecule has 1 amide bonds. The molecular weight excluding hydrogens is 354 g/mol. The molecule has 0 spiro atoms. The van der Waals surface area contributed by atoms with Crippen LogP contribution in [0, 0.1) is 11.8 Å². The van der Waals surface area contributed by atoms with Crippen molar-refractivity contribution >= 4 is 40.1 Å². The van der Waals surface area contributed by atoms with Crippen LogP contribution in [0.3, 0.4) is 0 Å². The van der Waals surface area contributed by atoms with Gasteiger partial charge in [0.05, 0.1) is 30.9 Å². The van der Waals surface area contributed by atoms with Gasteiger partial charge in [-0.1, -0.05) is 31.5 Å². The third-order valence-corrected chi connectivity index (χ3v) is 5.23. The smallest absolute Gasteiger partial charge is 0.356 e. The standard InChI is InChI=1S/C19H24ClN3O3/c1-11-7-12(2)9-23(8-11)10-15(24)22-17-16-13(20)5-4-6-14(16)21-18(17)19(25)26-3/h4-6,11-12,21H,7-10H2,1-3H3,(H,22,24)/p+1/t11-,12-/m1/s1. The van der Waals surface area contributed by atoms with Crippen LogP contribution >= 0.6 is 11.6 Å². The molecule has 1 aliphatic rings. The van der Waals surface area contributed by atoms with Crippen LogP contribution in [-0.4, -0.2) is 43.6 Å². The molecule has 0 unspecified atom stereocenters. The minimum Gasteiger partial charge on any atom is -0.464 e. The Kier molecular flexibility index (Phi) is 5.53. The number of anilines is 1. The molecule has 0 bridgehead atoms. The number of esters is 1. The van der Waals surface area contributed by atoms with Crippen molar-refractivity contribution in [3.05, 3.63) is 28.9 Å². The SMILES string of the molecule is COC(=O)c1[nH]c2cccc(Cl)c2c1NC(=O)C[NH+]1C[C@H](C)C[C@@H](C)C1. The number of piperidine rings is 1. The number of aromatic amines is 1. The average molecular weight is 379 g/mol. The number of carbonyl (C=O) groups is 2. The highest BCUT2D eigenvalue weighted by Gasteiger charge is 2.28. The molecule has 0 radical (unpaired) electrons. The van der Waals surface area contributed by atoms with Crippen molar-refractivity contribution in [2.45, 2.75) is 20.3 Å². The third kappa shape index (κ3) is 3.86. The number of amides is 1. The highest BCUT2D eigenvalue weighted by Crippen LogP contribution is 2.33. The monoisotopic (exact) mass is 378 g/mol. The Morgan fingerprint density at radius 1 is 1.31 bits per heavy atom. The van der Waals surface area contributed by atoms with Crippen molar-refractivity contribution < 1.29 is 19.2 Å². The van der Waals surface area contributed by atoms with Crippen LogP contribution in [0.2, 0.25) is 5.02 Å². The minimum atomic E-state index is -0.542. The summed E-state index contributed by atoms with van der Waals surface area (Å²) in [5.41, 5.74) is 1.28. The fraction of sp³-hybridized carbons (Fsp3) is 0.474. The topological polar surface area (TPSA) is 75.6 Å². The second-order valence-corrected chi connectivity index (χ2v) is 7.77. The predicted molar refractivity (Wildman–Crippen MR) is 102 cm³/mol. The van der Waals surface area contributed by atoms with E-state index < -0.39 is 5.97 Å². The highest BCUT2D eigenvalue weighted by molar-refractivity contribution is 6.37. The van der Waals surface area contributed by atoms with Gasteiger partial charge in [0.1, 0.15) is 5.69 Å². The lowest BCUT2D eigenvalue weighted by Gasteiger charge is -2.31. The molecule has 7 heteroatoms. The number of H-pyrrole nitrogens is 1. The zero-order valence-corrected chi connectivity index (χ0v) is 16.1. The Morgan fingerprint density at radius 3 is 2.65 bits per heavy atom. The molecule has 0 aliphatic carbocycles. The lowest BCUT2D eigenvalue weighted by molar-refractivity contribution is -0.904. The number of nitrogens with one attached hydrogen (secondary N) is 3. The Labute approximate surface area is 157 Å². The Bertz CT molecular complexity index is 823. The molecular formula is C19H25ClN3O3+. The van der Waals surface area contributed by atoms with E-state index in [-0.39, 0.29) is 11.6 Å². The first-order valence-electron chi connectivity index (χ1n) is 8.91. The molecule has 2 heterocycles. The van der Waals surface area contributed by atoms with Crippen LogP contribution in [0.1, 0.15) is 30.8 Å². The van der Waals surface area contributed by atoms with Crippen LogP contribution in [0.4, 0.5) is 5.69 Å². The van der Waals surface area contributed by atoms with E-state index in [0.29, 0.717) is 40.0 Å². The molecule has 0 saturated carbocycles. The van der Waals surface area contributed by atoms with E-state index in [1.807, 2.05) is 6.07 Å². The van der Waals surface area contributed by atoms with Crippen LogP contribution in [0.25, 0.3) is 10.9 Å². The summed E-state index contributed by atoms with van der Waals surface area (Å²) in [5, 5.41) is 3.98. The van der Waals surface area contributed by atoms with Gasteiger partial charge < -0.3 is 19.9 Å². The summed E-state index contributed by atoms with van der Waals surface area (Å²) < 4.78 is 4.84. The van der Waals surface area contributed by atoms with E-state index in [1.54, 1.807) is 12.1 Å². The molecule has 1 aliphatic heterocycles. The number of halogens is 1. The summed E-state index contributed by atoms with van der Waals surface area (Å²) in [6, 6.07) is 5.32. The molecule has 3 rings (SSSR count). The number of hydrogen-bond donors (Lipinski definition) is 3. The Balaban J connectivity index is 1.85. The highest BCUT2D eigenvalue weighted by atomic mass is 35.5. The number of rotatable bonds is 4. The maximum absolute atomic E-state index is 12.7. The van der Waals surface area contributed by atoms with Crippen molar-refractivity contribution in [1.29, 1.82) is 0 Å². The van der Waals surface area contributed by atoms with E-state index in [4.69, 9.17) is 16.3 Å². The molecule has 1 aromatic carbocycles. The van der Waals surface area contributed by atoms with E-state index in [9.17, 15) is 9.59 Å². The van der Waals surface area contributed by atoms with Crippen LogP contribution in [0.15, 0.2) is 18.2 Å². The molecule has 3 N–H and O–H groups in total. The zero-order valence-electron chi connectivity index (χ0n) is 15.3. The number of hydrogen-bond acceptors (Lipinski definition) is 3. The van der Waals surface area contributed by atoms with Crippen molar-refractivity contribution in [3.63, 3.8) is 0 Å². The summed E-state index contributed by atoms with van der Waals surface area (Å²) >= 11 is 6.31. The number of ether oxygens (including phenoxy) is 1. The molecule has 1 saturated heterocycles. The summed E-state index contributed by atoms with van der Waals surface area (Å²) in [4.78, 5) is 29.1. The number of methoxy groups -OCH3 is 1. The lowest BCUT2D eigenvalue weighted by Crippen LogP contribution is -3.15. The average Bonchev–Trinajstić information content (AvgIpc) is 2.92. The third-order valence-electron chi connectivity index (χ3n) is 4.92. The first-order valence-corrected chi connectivity index (χ1v) is 9.28. The molecule has 2 atom stereocenters. The van der Waals surface area contributed by atoms with E-state index >= 15 is 0 Å². The van der Waals surface area contributed by atoms with Gasteiger partial charge in [-0.2, -0.15) is 0 Å². The van der Waals surface area contributed by atoms with Gasteiger partial charge >= 0.3 is 5.97 Å². The normalized spacial score (nSPS) is 23.0. The summed E-state index contributed by atoms with van der Waals surface area (Å²) in [7, 11) is 1.31. The van der Waals surface area contributed by atoms with Gasteiger partial charge in [-0.25, -0.2) is 4.79 Å². The fourth-order valence-corrected chi connectivity index (χ4v) is 4.33. The quantitative estimate of drug-likeness (QED) is 0.713. The van der Waals surface area contributed by atoms with Gasteiger partial charge in [-0.15, -0.1) is 0 Å². The van der Waals surface area contributed by atoms with Crippen LogP contribution in [-0.2, 0) is 9.53 Å². The molecule has 140 valence electrons. The molecule has 6 nitrogen and oxygen atoms in total.